The van der Waals surface area contributed by atoms with Crippen LogP contribution < -0.4 is 0 Å². The molecule has 1 aromatic carbocycles. The van der Waals surface area contributed by atoms with E-state index in [2.05, 4.69) is 5.16 Å². The first-order valence-corrected chi connectivity index (χ1v) is 7.09. The Balaban J connectivity index is 1.86. The van der Waals surface area contributed by atoms with E-state index in [1.54, 1.807) is 24.3 Å². The standard InChI is InChI=1S/C16H11N3O6/c1-10-16(19(22)23)15(25-17-10)8-6-13-5-7-14(24-13)11-3-2-4-12(9-11)18(20)21/h2-9H,1H3/b8-6-. The van der Waals surface area contributed by atoms with Gasteiger partial charge in [0, 0.05) is 17.7 Å². The summed E-state index contributed by atoms with van der Waals surface area (Å²) in [5.41, 5.74) is 0.484. The van der Waals surface area contributed by atoms with Crippen LogP contribution in [0.4, 0.5) is 11.4 Å². The zero-order valence-electron chi connectivity index (χ0n) is 12.9. The molecule has 0 aliphatic heterocycles. The van der Waals surface area contributed by atoms with Gasteiger partial charge in [-0.2, -0.15) is 0 Å². The molecule has 0 N–H and O–H groups in total. The third-order valence-electron chi connectivity index (χ3n) is 3.41. The van der Waals surface area contributed by atoms with Crippen molar-refractivity contribution in [1.29, 1.82) is 0 Å². The third-order valence-corrected chi connectivity index (χ3v) is 3.41. The largest absolute Gasteiger partial charge is 0.457 e. The van der Waals surface area contributed by atoms with Gasteiger partial charge >= 0.3 is 5.69 Å². The molecule has 0 saturated heterocycles. The second kappa shape index (κ2) is 6.40. The van der Waals surface area contributed by atoms with E-state index < -0.39 is 9.85 Å². The van der Waals surface area contributed by atoms with Crippen LogP contribution in [0.25, 0.3) is 23.5 Å². The molecule has 9 nitrogen and oxygen atoms in total. The Labute approximate surface area is 140 Å². The number of rotatable bonds is 5. The van der Waals surface area contributed by atoms with Gasteiger partial charge < -0.3 is 8.94 Å². The van der Waals surface area contributed by atoms with E-state index in [1.165, 1.54) is 31.2 Å². The molecule has 0 amide bonds. The predicted molar refractivity (Wildman–Crippen MR) is 87.6 cm³/mol. The van der Waals surface area contributed by atoms with Gasteiger partial charge in [0.1, 0.15) is 11.5 Å². The minimum absolute atomic E-state index is 0.01000. The molecule has 2 aromatic heterocycles. The average Bonchev–Trinajstić information content (AvgIpc) is 3.19. The average molecular weight is 341 g/mol. The van der Waals surface area contributed by atoms with Crippen LogP contribution in [0.5, 0.6) is 0 Å². The number of benzene rings is 1. The second-order valence-electron chi connectivity index (χ2n) is 5.08. The first-order chi connectivity index (χ1) is 12.0. The summed E-state index contributed by atoms with van der Waals surface area (Å²) in [6.07, 6.45) is 2.88. The molecule has 0 saturated carbocycles. The van der Waals surface area contributed by atoms with Crippen LogP contribution in [0, 0.1) is 27.2 Å². The lowest BCUT2D eigenvalue weighted by atomic mass is 10.1. The predicted octanol–water partition coefficient (Wildman–Crippen LogP) is 4.23. The highest BCUT2D eigenvalue weighted by Crippen LogP contribution is 2.28. The molecule has 0 unspecified atom stereocenters. The van der Waals surface area contributed by atoms with Crippen LogP contribution in [0.15, 0.2) is 45.3 Å². The van der Waals surface area contributed by atoms with E-state index in [1.807, 2.05) is 0 Å². The molecule has 0 fully saturated rings. The van der Waals surface area contributed by atoms with Gasteiger partial charge in [0.2, 0.25) is 5.76 Å². The minimum atomic E-state index is -0.567. The van der Waals surface area contributed by atoms with E-state index >= 15 is 0 Å². The Kier molecular flexibility index (Phi) is 4.12. The smallest absolute Gasteiger partial charge is 0.338 e. The summed E-state index contributed by atoms with van der Waals surface area (Å²) in [5, 5.41) is 25.4. The summed E-state index contributed by atoms with van der Waals surface area (Å²) in [7, 11) is 0. The first-order valence-electron chi connectivity index (χ1n) is 7.09. The molecular weight excluding hydrogens is 330 g/mol. The van der Waals surface area contributed by atoms with Gasteiger partial charge in [-0.15, -0.1) is 0 Å². The van der Waals surface area contributed by atoms with E-state index in [4.69, 9.17) is 8.94 Å². The minimum Gasteiger partial charge on any atom is -0.457 e. The highest BCUT2D eigenvalue weighted by molar-refractivity contribution is 5.71. The summed E-state index contributed by atoms with van der Waals surface area (Å²) in [4.78, 5) is 20.8. The molecule has 0 atom stereocenters. The Bertz CT molecular complexity index is 985. The molecule has 0 aliphatic carbocycles. The Morgan fingerprint density at radius 2 is 1.88 bits per heavy atom. The van der Waals surface area contributed by atoms with Crippen LogP contribution in [0.2, 0.25) is 0 Å². The fourth-order valence-electron chi connectivity index (χ4n) is 2.24. The van der Waals surface area contributed by atoms with Gasteiger partial charge in [-0.1, -0.05) is 17.3 Å². The van der Waals surface area contributed by atoms with Crippen LogP contribution in [0.1, 0.15) is 17.2 Å². The maximum absolute atomic E-state index is 11.0. The number of aromatic nitrogens is 1. The van der Waals surface area contributed by atoms with Crippen molar-refractivity contribution in [3.05, 3.63) is 73.8 Å². The van der Waals surface area contributed by atoms with Crippen molar-refractivity contribution in [3.63, 3.8) is 0 Å². The highest BCUT2D eigenvalue weighted by Gasteiger charge is 2.22. The number of nitrogens with zero attached hydrogens (tertiary/aromatic N) is 3. The fourth-order valence-corrected chi connectivity index (χ4v) is 2.24. The molecule has 0 bridgehead atoms. The maximum atomic E-state index is 11.0. The van der Waals surface area contributed by atoms with Crippen molar-refractivity contribution < 1.29 is 18.8 Å². The van der Waals surface area contributed by atoms with Gasteiger partial charge in [0.15, 0.2) is 5.69 Å². The van der Waals surface area contributed by atoms with E-state index in [9.17, 15) is 20.2 Å². The zero-order chi connectivity index (χ0) is 18.0. The molecule has 25 heavy (non-hydrogen) atoms. The number of nitro benzene ring substituents is 1. The van der Waals surface area contributed by atoms with Crippen LogP contribution in [-0.2, 0) is 0 Å². The number of aryl methyl sites for hydroxylation is 1. The molecular formula is C16H11N3O6. The van der Waals surface area contributed by atoms with Crippen molar-refractivity contribution in [2.45, 2.75) is 6.92 Å². The SMILES string of the molecule is Cc1noc(/C=C\c2ccc(-c3cccc([N+](=O)[O-])c3)o2)c1[N+](=O)[O-]. The molecule has 126 valence electrons. The quantitative estimate of drug-likeness (QED) is 0.502. The van der Waals surface area contributed by atoms with Crippen LogP contribution in [-0.4, -0.2) is 15.0 Å². The van der Waals surface area contributed by atoms with Crippen molar-refractivity contribution in [1.82, 2.24) is 5.16 Å². The molecule has 0 spiro atoms. The fraction of sp³-hybridized carbons (Fsp3) is 0.0625. The van der Waals surface area contributed by atoms with Gasteiger partial charge in [0.05, 0.1) is 9.85 Å². The highest BCUT2D eigenvalue weighted by atomic mass is 16.6. The molecule has 0 radical (unpaired) electrons. The second-order valence-corrected chi connectivity index (χ2v) is 5.08. The Morgan fingerprint density at radius 1 is 1.08 bits per heavy atom. The van der Waals surface area contributed by atoms with E-state index in [0.717, 1.165) is 0 Å². The monoisotopic (exact) mass is 341 g/mol. The lowest BCUT2D eigenvalue weighted by Crippen LogP contribution is -1.90. The van der Waals surface area contributed by atoms with Gasteiger partial charge in [-0.05, 0) is 31.2 Å². The van der Waals surface area contributed by atoms with Gasteiger partial charge in [-0.25, -0.2) is 0 Å². The van der Waals surface area contributed by atoms with E-state index in [-0.39, 0.29) is 22.8 Å². The maximum Gasteiger partial charge on any atom is 0.338 e. The number of non-ortho nitro benzene ring substituents is 1. The lowest BCUT2D eigenvalue weighted by molar-refractivity contribution is -0.386. The number of hydrogen-bond acceptors (Lipinski definition) is 7. The van der Waals surface area contributed by atoms with Crippen LogP contribution in [0.3, 0.4) is 0 Å². The molecule has 9 heteroatoms. The molecule has 0 aliphatic rings. The molecule has 3 aromatic rings. The van der Waals surface area contributed by atoms with Crippen molar-refractivity contribution in [2.24, 2.45) is 0 Å². The summed E-state index contributed by atoms with van der Waals surface area (Å²) in [5.74, 6) is 0.854. The van der Waals surface area contributed by atoms with Crippen molar-refractivity contribution in [2.75, 3.05) is 0 Å². The summed E-state index contributed by atoms with van der Waals surface area (Å²) < 4.78 is 10.5. The Morgan fingerprint density at radius 3 is 2.60 bits per heavy atom. The summed E-state index contributed by atoms with van der Waals surface area (Å²) in [6.45, 7) is 1.48. The van der Waals surface area contributed by atoms with Crippen molar-refractivity contribution in [3.8, 4) is 11.3 Å². The first kappa shape index (κ1) is 16.1. The third kappa shape index (κ3) is 3.29. The van der Waals surface area contributed by atoms with Crippen LogP contribution >= 0.6 is 0 Å². The normalized spacial score (nSPS) is 11.1. The number of furan rings is 1. The lowest BCUT2D eigenvalue weighted by Gasteiger charge is -1.96. The number of hydrogen-bond donors (Lipinski definition) is 0. The topological polar surface area (TPSA) is 125 Å². The Hall–Kier alpha value is -3.75. The molecule has 3 rings (SSSR count). The molecule has 2 heterocycles. The summed E-state index contributed by atoms with van der Waals surface area (Å²) >= 11 is 0. The van der Waals surface area contributed by atoms with Crippen molar-refractivity contribution >= 4 is 23.5 Å². The summed E-state index contributed by atoms with van der Waals surface area (Å²) in [6, 6.07) is 9.32. The van der Waals surface area contributed by atoms with Gasteiger partial charge in [0.25, 0.3) is 5.69 Å². The number of nitro groups is 2. The van der Waals surface area contributed by atoms with E-state index in [0.29, 0.717) is 17.1 Å². The van der Waals surface area contributed by atoms with Gasteiger partial charge in [-0.3, -0.25) is 20.2 Å². The zero-order valence-corrected chi connectivity index (χ0v) is 12.9.